The summed E-state index contributed by atoms with van der Waals surface area (Å²) in [5.74, 6) is 0.204. The first kappa shape index (κ1) is 21.8. The van der Waals surface area contributed by atoms with Crippen molar-refractivity contribution in [2.24, 2.45) is 5.92 Å². The van der Waals surface area contributed by atoms with Crippen molar-refractivity contribution in [1.82, 2.24) is 9.88 Å². The largest absolute Gasteiger partial charge is 0.493 e. The number of benzene rings is 2. The molecule has 4 rings (SSSR count). The van der Waals surface area contributed by atoms with E-state index in [9.17, 15) is 9.90 Å². The number of methoxy groups -OCH3 is 1. The second kappa shape index (κ2) is 10.3. The minimum Gasteiger partial charge on any atom is -0.493 e. The van der Waals surface area contributed by atoms with Gasteiger partial charge in [-0.15, -0.1) is 0 Å². The van der Waals surface area contributed by atoms with E-state index >= 15 is 0 Å². The van der Waals surface area contributed by atoms with E-state index in [1.165, 1.54) is 0 Å². The maximum Gasteiger partial charge on any atom is 0.307 e. The van der Waals surface area contributed by atoms with Crippen molar-refractivity contribution in [2.75, 3.05) is 20.2 Å². The molecule has 32 heavy (non-hydrogen) atoms. The summed E-state index contributed by atoms with van der Waals surface area (Å²) in [5, 5.41) is 9.57. The summed E-state index contributed by atoms with van der Waals surface area (Å²) in [6, 6.07) is 21.6. The zero-order valence-corrected chi connectivity index (χ0v) is 18.2. The van der Waals surface area contributed by atoms with E-state index < -0.39 is 5.97 Å². The van der Waals surface area contributed by atoms with Crippen LogP contribution >= 0.6 is 0 Å². The molecule has 2 heterocycles. The van der Waals surface area contributed by atoms with Crippen molar-refractivity contribution in [3.63, 3.8) is 0 Å². The van der Waals surface area contributed by atoms with Crippen LogP contribution in [0.2, 0.25) is 0 Å². The number of aliphatic carboxylic acids is 1. The number of pyridine rings is 1. The molecule has 1 aromatic heterocycles. The van der Waals surface area contributed by atoms with Crippen molar-refractivity contribution < 1.29 is 19.4 Å². The van der Waals surface area contributed by atoms with Gasteiger partial charge in [0.2, 0.25) is 0 Å². The molecule has 0 bridgehead atoms. The van der Waals surface area contributed by atoms with Crippen molar-refractivity contribution >= 4 is 5.97 Å². The molecule has 0 aliphatic carbocycles. The van der Waals surface area contributed by atoms with Gasteiger partial charge >= 0.3 is 5.97 Å². The summed E-state index contributed by atoms with van der Waals surface area (Å²) in [4.78, 5) is 18.5. The quantitative estimate of drug-likeness (QED) is 0.563. The van der Waals surface area contributed by atoms with E-state index in [0.29, 0.717) is 31.1 Å². The van der Waals surface area contributed by atoms with Gasteiger partial charge in [-0.05, 0) is 54.8 Å². The van der Waals surface area contributed by atoms with Gasteiger partial charge < -0.3 is 14.6 Å². The molecule has 1 aliphatic rings. The normalized spacial score (nSPS) is 17.5. The lowest BCUT2D eigenvalue weighted by Gasteiger charge is -2.37. The third-order valence-electron chi connectivity index (χ3n) is 5.88. The molecule has 166 valence electrons. The molecule has 1 aliphatic heterocycles. The summed E-state index contributed by atoms with van der Waals surface area (Å²) < 4.78 is 11.7. The second-order valence-corrected chi connectivity index (χ2v) is 8.01. The summed E-state index contributed by atoms with van der Waals surface area (Å²) in [5.41, 5.74) is 2.97. The van der Waals surface area contributed by atoms with Gasteiger partial charge in [-0.25, -0.2) is 0 Å². The number of carboxylic acids is 1. The fraction of sp³-hybridized carbons (Fsp3) is 0.308. The Morgan fingerprint density at radius 1 is 1.12 bits per heavy atom. The van der Waals surface area contributed by atoms with Gasteiger partial charge in [-0.1, -0.05) is 42.5 Å². The Morgan fingerprint density at radius 3 is 2.66 bits per heavy atom. The van der Waals surface area contributed by atoms with Crippen molar-refractivity contribution in [3.8, 4) is 11.5 Å². The molecule has 1 saturated heterocycles. The Hall–Kier alpha value is -3.38. The molecule has 6 nitrogen and oxygen atoms in total. The van der Waals surface area contributed by atoms with Crippen LogP contribution in [-0.2, 0) is 11.4 Å². The minimum atomic E-state index is -0.739. The van der Waals surface area contributed by atoms with Gasteiger partial charge in [0.25, 0.3) is 0 Å². The lowest BCUT2D eigenvalue weighted by molar-refractivity contribution is -0.143. The molecule has 0 amide bonds. The molecule has 1 N–H and O–H groups in total. The number of likely N-dealkylation sites (tertiary alicyclic amines) is 1. The Bertz CT molecular complexity index is 1030. The lowest BCUT2D eigenvalue weighted by atomic mass is 9.93. The van der Waals surface area contributed by atoms with E-state index in [2.05, 4.69) is 9.88 Å². The molecule has 0 saturated carbocycles. The van der Waals surface area contributed by atoms with Crippen LogP contribution in [0.15, 0.2) is 72.9 Å². The number of aromatic nitrogens is 1. The summed E-state index contributed by atoms with van der Waals surface area (Å²) in [7, 11) is 1.63. The molecule has 1 fully saturated rings. The molecule has 2 unspecified atom stereocenters. The molecule has 3 aromatic rings. The number of rotatable bonds is 8. The maximum absolute atomic E-state index is 11.7. The van der Waals surface area contributed by atoms with E-state index in [1.54, 1.807) is 13.3 Å². The van der Waals surface area contributed by atoms with E-state index in [1.807, 2.05) is 66.7 Å². The van der Waals surface area contributed by atoms with Crippen LogP contribution < -0.4 is 9.47 Å². The smallest absolute Gasteiger partial charge is 0.307 e. The predicted octanol–water partition coefficient (Wildman–Crippen LogP) is 4.56. The van der Waals surface area contributed by atoms with E-state index in [-0.39, 0.29) is 12.0 Å². The number of nitrogens with zero attached hydrogens (tertiary/aromatic N) is 2. The van der Waals surface area contributed by atoms with Gasteiger partial charge in [0.05, 0.1) is 24.8 Å². The first-order valence-corrected chi connectivity index (χ1v) is 10.9. The average molecular weight is 433 g/mol. The standard InChI is InChI=1S/C26H28N2O4/c1-31-24-16-20(12-13-23(24)32-18-19-8-3-2-4-9-19)25(22-11-5-6-14-27-22)28-15-7-10-21(17-28)26(29)30/h2-6,8-9,11-14,16,21,25H,7,10,15,17-18H2,1H3,(H,29,30). The number of hydrogen-bond acceptors (Lipinski definition) is 5. The highest BCUT2D eigenvalue weighted by Crippen LogP contribution is 2.37. The van der Waals surface area contributed by atoms with Gasteiger partial charge in [-0.2, -0.15) is 0 Å². The van der Waals surface area contributed by atoms with Crippen molar-refractivity contribution in [2.45, 2.75) is 25.5 Å². The molecule has 0 spiro atoms. The summed E-state index contributed by atoms with van der Waals surface area (Å²) in [6.07, 6.45) is 3.32. The fourth-order valence-corrected chi connectivity index (χ4v) is 4.26. The fourth-order valence-electron chi connectivity index (χ4n) is 4.26. The Morgan fingerprint density at radius 2 is 1.94 bits per heavy atom. The van der Waals surface area contributed by atoms with Gasteiger partial charge in [0.1, 0.15) is 6.61 Å². The second-order valence-electron chi connectivity index (χ2n) is 8.01. The molecule has 2 atom stereocenters. The van der Waals surface area contributed by atoms with Crippen molar-refractivity contribution in [3.05, 3.63) is 89.7 Å². The third-order valence-corrected chi connectivity index (χ3v) is 5.88. The van der Waals surface area contributed by atoms with Crippen LogP contribution in [0.5, 0.6) is 11.5 Å². The molecular weight excluding hydrogens is 404 g/mol. The van der Waals surface area contributed by atoms with Gasteiger partial charge in [0, 0.05) is 12.7 Å². The maximum atomic E-state index is 11.7. The monoisotopic (exact) mass is 432 g/mol. The number of hydrogen-bond donors (Lipinski definition) is 1. The number of carboxylic acid groups (broad SMARTS) is 1. The van der Waals surface area contributed by atoms with Gasteiger partial charge in [0.15, 0.2) is 11.5 Å². The molecule has 6 heteroatoms. The predicted molar refractivity (Wildman–Crippen MR) is 122 cm³/mol. The number of carbonyl (C=O) groups is 1. The minimum absolute atomic E-state index is 0.157. The first-order chi connectivity index (χ1) is 15.7. The highest BCUT2D eigenvalue weighted by molar-refractivity contribution is 5.70. The topological polar surface area (TPSA) is 71.9 Å². The SMILES string of the molecule is COc1cc(C(c2ccccn2)N2CCCC(C(=O)O)C2)ccc1OCc1ccccc1. The Kier molecular flexibility index (Phi) is 7.02. The Labute approximate surface area is 188 Å². The summed E-state index contributed by atoms with van der Waals surface area (Å²) >= 11 is 0. The van der Waals surface area contributed by atoms with Crippen LogP contribution in [0, 0.1) is 5.92 Å². The van der Waals surface area contributed by atoms with E-state index in [0.717, 1.165) is 29.8 Å². The van der Waals surface area contributed by atoms with Crippen LogP contribution in [-0.4, -0.2) is 41.2 Å². The van der Waals surface area contributed by atoms with Crippen LogP contribution in [0.3, 0.4) is 0 Å². The molecule has 2 aromatic carbocycles. The molecular formula is C26H28N2O4. The van der Waals surface area contributed by atoms with Gasteiger partial charge in [-0.3, -0.25) is 14.7 Å². The van der Waals surface area contributed by atoms with E-state index in [4.69, 9.17) is 9.47 Å². The van der Waals surface area contributed by atoms with Crippen LogP contribution in [0.4, 0.5) is 0 Å². The average Bonchev–Trinajstić information content (AvgIpc) is 2.84. The molecule has 0 radical (unpaired) electrons. The first-order valence-electron chi connectivity index (χ1n) is 10.9. The lowest BCUT2D eigenvalue weighted by Crippen LogP contribution is -2.41. The van der Waals surface area contributed by atoms with Crippen molar-refractivity contribution in [1.29, 1.82) is 0 Å². The zero-order chi connectivity index (χ0) is 22.3. The zero-order valence-electron chi connectivity index (χ0n) is 18.2. The summed E-state index contributed by atoms with van der Waals surface area (Å²) in [6.45, 7) is 1.76. The Balaban J connectivity index is 1.62. The highest BCUT2D eigenvalue weighted by Gasteiger charge is 2.32. The van der Waals surface area contributed by atoms with Crippen LogP contribution in [0.25, 0.3) is 0 Å². The number of piperidine rings is 1. The van der Waals surface area contributed by atoms with Crippen LogP contribution in [0.1, 0.15) is 35.7 Å². The number of ether oxygens (including phenoxy) is 2. The highest BCUT2D eigenvalue weighted by atomic mass is 16.5. The third kappa shape index (κ3) is 5.08.